The first-order valence-corrected chi connectivity index (χ1v) is 6.83. The van der Waals surface area contributed by atoms with E-state index in [1.165, 1.54) is 0 Å². The highest BCUT2D eigenvalue weighted by molar-refractivity contribution is 5.90. The summed E-state index contributed by atoms with van der Waals surface area (Å²) >= 11 is 0. The molecule has 0 spiro atoms. The second-order valence-electron chi connectivity index (χ2n) is 5.56. The number of nitrogens with zero attached hydrogens (tertiary/aromatic N) is 1. The molecule has 102 valence electrons. The van der Waals surface area contributed by atoms with E-state index in [9.17, 15) is 14.7 Å². The standard InChI is InChI=1S/C13H22N2O3/c1-13(7-5-8-14-13)12(18)15-9-4-2-3-6-10(15)11(16)17/h10,14H,2-9H2,1H3,(H,16,17). The molecule has 2 atom stereocenters. The van der Waals surface area contributed by atoms with E-state index in [0.29, 0.717) is 13.0 Å². The summed E-state index contributed by atoms with van der Waals surface area (Å²) in [5.74, 6) is -0.902. The molecule has 1 amide bonds. The zero-order chi connectivity index (χ0) is 13.2. The quantitative estimate of drug-likeness (QED) is 0.771. The summed E-state index contributed by atoms with van der Waals surface area (Å²) < 4.78 is 0. The number of carbonyl (C=O) groups is 2. The van der Waals surface area contributed by atoms with Crippen LogP contribution in [0.4, 0.5) is 0 Å². The van der Waals surface area contributed by atoms with Gasteiger partial charge in [0, 0.05) is 6.54 Å². The highest BCUT2D eigenvalue weighted by Crippen LogP contribution is 2.25. The van der Waals surface area contributed by atoms with Gasteiger partial charge in [-0.1, -0.05) is 12.8 Å². The van der Waals surface area contributed by atoms with Gasteiger partial charge in [-0.05, 0) is 39.2 Å². The number of rotatable bonds is 2. The lowest BCUT2D eigenvalue weighted by Crippen LogP contribution is -2.57. The van der Waals surface area contributed by atoms with E-state index < -0.39 is 17.6 Å². The molecule has 2 fully saturated rings. The summed E-state index contributed by atoms with van der Waals surface area (Å²) in [6.07, 6.45) is 5.17. The number of carboxylic acid groups (broad SMARTS) is 1. The number of amides is 1. The van der Waals surface area contributed by atoms with Gasteiger partial charge < -0.3 is 15.3 Å². The Labute approximate surface area is 108 Å². The maximum absolute atomic E-state index is 12.6. The van der Waals surface area contributed by atoms with Crippen molar-refractivity contribution in [2.45, 2.75) is 57.0 Å². The molecular weight excluding hydrogens is 232 g/mol. The number of likely N-dealkylation sites (tertiary alicyclic amines) is 1. The smallest absolute Gasteiger partial charge is 0.326 e. The van der Waals surface area contributed by atoms with Crippen molar-refractivity contribution in [1.29, 1.82) is 0 Å². The minimum Gasteiger partial charge on any atom is -0.480 e. The van der Waals surface area contributed by atoms with Gasteiger partial charge in [0.1, 0.15) is 6.04 Å². The van der Waals surface area contributed by atoms with E-state index >= 15 is 0 Å². The molecule has 0 bridgehead atoms. The normalized spacial score (nSPS) is 33.2. The Hall–Kier alpha value is -1.10. The summed E-state index contributed by atoms with van der Waals surface area (Å²) in [7, 11) is 0. The van der Waals surface area contributed by atoms with Crippen molar-refractivity contribution in [2.24, 2.45) is 0 Å². The lowest BCUT2D eigenvalue weighted by Gasteiger charge is -2.34. The maximum atomic E-state index is 12.6. The van der Waals surface area contributed by atoms with Crippen LogP contribution in [-0.2, 0) is 9.59 Å². The van der Waals surface area contributed by atoms with Gasteiger partial charge in [0.25, 0.3) is 0 Å². The highest BCUT2D eigenvalue weighted by Gasteiger charge is 2.42. The molecule has 2 saturated heterocycles. The molecule has 2 rings (SSSR count). The van der Waals surface area contributed by atoms with E-state index in [-0.39, 0.29) is 5.91 Å². The van der Waals surface area contributed by atoms with Crippen molar-refractivity contribution < 1.29 is 14.7 Å². The first-order valence-electron chi connectivity index (χ1n) is 6.83. The Kier molecular flexibility index (Phi) is 3.90. The molecule has 2 unspecified atom stereocenters. The van der Waals surface area contributed by atoms with Crippen LogP contribution in [0.15, 0.2) is 0 Å². The molecule has 0 aromatic heterocycles. The summed E-state index contributed by atoms with van der Waals surface area (Å²) in [6.45, 7) is 3.31. The van der Waals surface area contributed by atoms with E-state index in [4.69, 9.17) is 0 Å². The second-order valence-corrected chi connectivity index (χ2v) is 5.56. The number of hydrogen-bond acceptors (Lipinski definition) is 3. The van der Waals surface area contributed by atoms with Crippen LogP contribution in [0.25, 0.3) is 0 Å². The van der Waals surface area contributed by atoms with Gasteiger partial charge in [-0.2, -0.15) is 0 Å². The third kappa shape index (κ3) is 2.51. The van der Waals surface area contributed by atoms with Gasteiger partial charge in [-0.15, -0.1) is 0 Å². The third-order valence-electron chi connectivity index (χ3n) is 4.14. The highest BCUT2D eigenvalue weighted by atomic mass is 16.4. The van der Waals surface area contributed by atoms with Crippen molar-refractivity contribution in [3.05, 3.63) is 0 Å². The minimum atomic E-state index is -0.869. The molecular formula is C13H22N2O3. The second kappa shape index (κ2) is 5.26. The molecule has 0 saturated carbocycles. The first-order chi connectivity index (χ1) is 8.54. The Bertz CT molecular complexity index is 337. The summed E-state index contributed by atoms with van der Waals surface area (Å²) in [4.78, 5) is 25.5. The van der Waals surface area contributed by atoms with Crippen molar-refractivity contribution >= 4 is 11.9 Å². The lowest BCUT2D eigenvalue weighted by atomic mass is 9.97. The zero-order valence-electron chi connectivity index (χ0n) is 10.9. The minimum absolute atomic E-state index is 0.0331. The Morgan fingerprint density at radius 2 is 2.06 bits per heavy atom. The van der Waals surface area contributed by atoms with Crippen LogP contribution >= 0.6 is 0 Å². The number of carboxylic acids is 1. The molecule has 5 nitrogen and oxygen atoms in total. The monoisotopic (exact) mass is 254 g/mol. The van der Waals surface area contributed by atoms with Crippen LogP contribution < -0.4 is 5.32 Å². The van der Waals surface area contributed by atoms with Gasteiger partial charge in [0.15, 0.2) is 0 Å². The Morgan fingerprint density at radius 3 is 2.67 bits per heavy atom. The molecule has 0 aromatic carbocycles. The lowest BCUT2D eigenvalue weighted by molar-refractivity contribution is -0.152. The van der Waals surface area contributed by atoms with Crippen LogP contribution in [0, 0.1) is 0 Å². The number of carbonyl (C=O) groups excluding carboxylic acids is 1. The molecule has 2 N–H and O–H groups in total. The average molecular weight is 254 g/mol. The fourth-order valence-electron chi connectivity index (χ4n) is 3.00. The van der Waals surface area contributed by atoms with E-state index in [2.05, 4.69) is 5.32 Å². The van der Waals surface area contributed by atoms with Crippen molar-refractivity contribution in [3.63, 3.8) is 0 Å². The van der Waals surface area contributed by atoms with Crippen molar-refractivity contribution in [1.82, 2.24) is 10.2 Å². The Morgan fingerprint density at radius 1 is 1.28 bits per heavy atom. The van der Waals surface area contributed by atoms with Gasteiger partial charge in [0.2, 0.25) is 5.91 Å². The predicted octanol–water partition coefficient (Wildman–Crippen LogP) is 0.984. The van der Waals surface area contributed by atoms with Crippen molar-refractivity contribution in [2.75, 3.05) is 13.1 Å². The largest absolute Gasteiger partial charge is 0.480 e. The molecule has 2 aliphatic rings. The maximum Gasteiger partial charge on any atom is 0.326 e. The number of hydrogen-bond donors (Lipinski definition) is 2. The van der Waals surface area contributed by atoms with Crippen molar-refractivity contribution in [3.8, 4) is 0 Å². The van der Waals surface area contributed by atoms with Gasteiger partial charge in [0.05, 0.1) is 5.54 Å². The van der Waals surface area contributed by atoms with Crippen LogP contribution in [0.2, 0.25) is 0 Å². The summed E-state index contributed by atoms with van der Waals surface area (Å²) in [5.41, 5.74) is -0.557. The first kappa shape index (κ1) is 13.3. The molecule has 0 aliphatic carbocycles. The molecule has 2 heterocycles. The fourth-order valence-corrected chi connectivity index (χ4v) is 3.00. The number of aliphatic carboxylic acids is 1. The topological polar surface area (TPSA) is 69.6 Å². The van der Waals surface area contributed by atoms with Gasteiger partial charge >= 0.3 is 5.97 Å². The van der Waals surface area contributed by atoms with Crippen LogP contribution in [-0.4, -0.2) is 46.6 Å². The molecule has 0 radical (unpaired) electrons. The van der Waals surface area contributed by atoms with Crippen LogP contribution in [0.1, 0.15) is 45.4 Å². The molecule has 18 heavy (non-hydrogen) atoms. The fraction of sp³-hybridized carbons (Fsp3) is 0.846. The van der Waals surface area contributed by atoms with Crippen LogP contribution in [0.3, 0.4) is 0 Å². The van der Waals surface area contributed by atoms with Gasteiger partial charge in [-0.3, -0.25) is 4.79 Å². The van der Waals surface area contributed by atoms with E-state index in [1.54, 1.807) is 4.90 Å². The van der Waals surface area contributed by atoms with E-state index in [1.807, 2.05) is 6.92 Å². The summed E-state index contributed by atoms with van der Waals surface area (Å²) in [5, 5.41) is 12.5. The number of nitrogens with one attached hydrogen (secondary N) is 1. The van der Waals surface area contributed by atoms with Crippen LogP contribution in [0.5, 0.6) is 0 Å². The summed E-state index contributed by atoms with van der Waals surface area (Å²) in [6, 6.07) is -0.640. The van der Waals surface area contributed by atoms with E-state index in [0.717, 1.165) is 38.6 Å². The molecule has 0 aromatic rings. The third-order valence-corrected chi connectivity index (χ3v) is 4.14. The SMILES string of the molecule is CC1(C(=O)N2CCCCCC2C(=O)O)CCCN1. The Balaban J connectivity index is 2.16. The van der Waals surface area contributed by atoms with Gasteiger partial charge in [-0.25, -0.2) is 4.79 Å². The predicted molar refractivity (Wildman–Crippen MR) is 67.2 cm³/mol. The molecule has 2 aliphatic heterocycles. The zero-order valence-corrected chi connectivity index (χ0v) is 10.9. The molecule has 5 heteroatoms. The average Bonchev–Trinajstić information content (AvgIpc) is 2.65.